The maximum atomic E-state index is 12.3. The van der Waals surface area contributed by atoms with Crippen LogP contribution >= 0.6 is 0 Å². The monoisotopic (exact) mass is 323 g/mol. The maximum Gasteiger partial charge on any atom is 0.407 e. The molecule has 1 aliphatic rings. The fourth-order valence-corrected chi connectivity index (χ4v) is 2.48. The lowest BCUT2D eigenvalue weighted by molar-refractivity contribution is -0.132. The first kappa shape index (κ1) is 16.9. The smallest absolute Gasteiger partial charge is 0.407 e. The van der Waals surface area contributed by atoms with Crippen LogP contribution in [0.25, 0.3) is 0 Å². The summed E-state index contributed by atoms with van der Waals surface area (Å²) in [6.45, 7) is 3.60. The van der Waals surface area contributed by atoms with Gasteiger partial charge in [-0.1, -0.05) is 0 Å². The third-order valence-electron chi connectivity index (χ3n) is 3.75. The van der Waals surface area contributed by atoms with Crippen molar-refractivity contribution in [2.75, 3.05) is 33.3 Å². The maximum absolute atomic E-state index is 12.3. The van der Waals surface area contributed by atoms with Crippen LogP contribution in [0.2, 0.25) is 0 Å². The Labute approximate surface area is 134 Å². The van der Waals surface area contributed by atoms with Gasteiger partial charge in [0.2, 0.25) is 5.91 Å². The Morgan fingerprint density at radius 1 is 1.22 bits per heavy atom. The largest absolute Gasteiger partial charge is 0.472 e. The molecule has 1 atom stereocenters. The average molecular weight is 323 g/mol. The Morgan fingerprint density at radius 3 is 2.57 bits per heavy atom. The number of nitrogens with zero attached hydrogens (tertiary/aromatic N) is 2. The average Bonchev–Trinajstić information content (AvgIpc) is 2.97. The van der Waals surface area contributed by atoms with Crippen LogP contribution in [0.3, 0.4) is 0 Å². The van der Waals surface area contributed by atoms with Gasteiger partial charge in [-0.2, -0.15) is 0 Å². The van der Waals surface area contributed by atoms with E-state index in [0.29, 0.717) is 38.2 Å². The third-order valence-corrected chi connectivity index (χ3v) is 3.75. The summed E-state index contributed by atoms with van der Waals surface area (Å²) in [6, 6.07) is 0.956. The van der Waals surface area contributed by atoms with Crippen molar-refractivity contribution in [3.63, 3.8) is 0 Å². The van der Waals surface area contributed by atoms with E-state index in [0.717, 1.165) is 0 Å². The van der Waals surface area contributed by atoms with Crippen LogP contribution in [-0.4, -0.2) is 67.0 Å². The van der Waals surface area contributed by atoms with Gasteiger partial charge < -0.3 is 24.3 Å². The molecule has 8 nitrogen and oxygen atoms in total. The first-order chi connectivity index (χ1) is 11.0. The van der Waals surface area contributed by atoms with Crippen molar-refractivity contribution in [2.24, 2.45) is 0 Å². The van der Waals surface area contributed by atoms with Crippen LogP contribution in [0.1, 0.15) is 23.7 Å². The molecule has 126 valence electrons. The molecule has 23 heavy (non-hydrogen) atoms. The van der Waals surface area contributed by atoms with Crippen LogP contribution in [0, 0.1) is 0 Å². The summed E-state index contributed by atoms with van der Waals surface area (Å²) in [6.07, 6.45) is 2.91. The predicted octanol–water partition coefficient (Wildman–Crippen LogP) is 0.699. The van der Waals surface area contributed by atoms with E-state index in [1.165, 1.54) is 19.6 Å². The van der Waals surface area contributed by atoms with Gasteiger partial charge in [-0.25, -0.2) is 4.79 Å². The molecule has 0 saturated carbocycles. The number of amides is 3. The van der Waals surface area contributed by atoms with Gasteiger partial charge in [0, 0.05) is 26.2 Å². The zero-order chi connectivity index (χ0) is 16.8. The molecule has 1 unspecified atom stereocenters. The van der Waals surface area contributed by atoms with Crippen molar-refractivity contribution in [1.82, 2.24) is 15.1 Å². The number of alkyl carbamates (subject to hydrolysis) is 1. The zero-order valence-corrected chi connectivity index (χ0v) is 13.3. The van der Waals surface area contributed by atoms with Gasteiger partial charge in [-0.05, 0) is 19.4 Å². The highest BCUT2D eigenvalue weighted by Crippen LogP contribution is 2.10. The number of hydrogen-bond donors (Lipinski definition) is 1. The van der Waals surface area contributed by atoms with Gasteiger partial charge in [-0.3, -0.25) is 9.59 Å². The normalized spacial score (nSPS) is 16.4. The fraction of sp³-hybridized carbons (Fsp3) is 0.533. The number of carbonyl (C=O) groups is 3. The van der Waals surface area contributed by atoms with Crippen molar-refractivity contribution in [2.45, 2.75) is 19.4 Å². The molecule has 1 aliphatic heterocycles. The highest BCUT2D eigenvalue weighted by molar-refractivity contribution is 5.94. The molecule has 3 amide bonds. The van der Waals surface area contributed by atoms with E-state index in [9.17, 15) is 14.4 Å². The zero-order valence-electron chi connectivity index (χ0n) is 13.3. The summed E-state index contributed by atoms with van der Waals surface area (Å²) in [5.74, 6) is -0.290. The SMILES string of the molecule is COC(=O)NC(C)C(=O)N1CCCN(C(=O)c2ccoc2)CC1. The van der Waals surface area contributed by atoms with Crippen LogP contribution in [0.4, 0.5) is 4.79 Å². The molecule has 0 spiro atoms. The Balaban J connectivity index is 1.91. The molecule has 2 rings (SSSR count). The summed E-state index contributed by atoms with van der Waals surface area (Å²) < 4.78 is 9.42. The minimum atomic E-state index is -0.668. The Bertz CT molecular complexity index is 557. The Kier molecular flexibility index (Phi) is 5.61. The minimum Gasteiger partial charge on any atom is -0.472 e. The number of rotatable bonds is 3. The number of ether oxygens (including phenoxy) is 1. The predicted molar refractivity (Wildman–Crippen MR) is 80.8 cm³/mol. The van der Waals surface area contributed by atoms with Crippen molar-refractivity contribution in [1.29, 1.82) is 0 Å². The van der Waals surface area contributed by atoms with Crippen LogP contribution < -0.4 is 5.32 Å². The molecule has 8 heteroatoms. The second-order valence-electron chi connectivity index (χ2n) is 5.34. The molecule has 1 aromatic rings. The topological polar surface area (TPSA) is 92.1 Å². The molecule has 0 aromatic carbocycles. The molecule has 1 aromatic heterocycles. The van der Waals surface area contributed by atoms with E-state index in [4.69, 9.17) is 4.42 Å². The van der Waals surface area contributed by atoms with Gasteiger partial charge in [0.1, 0.15) is 12.3 Å². The van der Waals surface area contributed by atoms with Crippen LogP contribution in [0.5, 0.6) is 0 Å². The van der Waals surface area contributed by atoms with Crippen molar-refractivity contribution >= 4 is 17.9 Å². The second kappa shape index (κ2) is 7.66. The van der Waals surface area contributed by atoms with Gasteiger partial charge in [0.05, 0.1) is 18.9 Å². The summed E-state index contributed by atoms with van der Waals surface area (Å²) in [7, 11) is 1.25. The minimum absolute atomic E-state index is 0.103. The van der Waals surface area contributed by atoms with E-state index in [1.807, 2.05) is 0 Å². The van der Waals surface area contributed by atoms with Crippen LogP contribution in [-0.2, 0) is 9.53 Å². The molecule has 1 saturated heterocycles. The van der Waals surface area contributed by atoms with E-state index in [-0.39, 0.29) is 11.8 Å². The van der Waals surface area contributed by atoms with Crippen molar-refractivity contribution in [3.05, 3.63) is 24.2 Å². The van der Waals surface area contributed by atoms with Crippen molar-refractivity contribution < 1.29 is 23.5 Å². The first-order valence-corrected chi connectivity index (χ1v) is 7.47. The lowest BCUT2D eigenvalue weighted by atomic mass is 10.2. The van der Waals surface area contributed by atoms with E-state index in [2.05, 4.69) is 10.1 Å². The van der Waals surface area contributed by atoms with E-state index >= 15 is 0 Å². The fourth-order valence-electron chi connectivity index (χ4n) is 2.48. The highest BCUT2D eigenvalue weighted by Gasteiger charge is 2.26. The number of hydrogen-bond acceptors (Lipinski definition) is 5. The highest BCUT2D eigenvalue weighted by atomic mass is 16.5. The second-order valence-corrected chi connectivity index (χ2v) is 5.34. The summed E-state index contributed by atoms with van der Waals surface area (Å²) in [4.78, 5) is 39.2. The summed E-state index contributed by atoms with van der Waals surface area (Å²) >= 11 is 0. The molecule has 1 N–H and O–H groups in total. The number of carbonyl (C=O) groups excluding carboxylic acids is 3. The lowest BCUT2D eigenvalue weighted by Crippen LogP contribution is -2.48. The first-order valence-electron chi connectivity index (χ1n) is 7.47. The van der Waals surface area contributed by atoms with Crippen LogP contribution in [0.15, 0.2) is 23.0 Å². The van der Waals surface area contributed by atoms with E-state index in [1.54, 1.807) is 22.8 Å². The number of furan rings is 1. The molecule has 0 aliphatic carbocycles. The van der Waals surface area contributed by atoms with Gasteiger partial charge in [0.15, 0.2) is 0 Å². The summed E-state index contributed by atoms with van der Waals surface area (Å²) in [5.41, 5.74) is 0.505. The Hall–Kier alpha value is -2.51. The van der Waals surface area contributed by atoms with E-state index < -0.39 is 12.1 Å². The van der Waals surface area contributed by atoms with Gasteiger partial charge in [0.25, 0.3) is 5.91 Å². The molecule has 0 bridgehead atoms. The summed E-state index contributed by atoms with van der Waals surface area (Å²) in [5, 5.41) is 2.46. The van der Waals surface area contributed by atoms with Gasteiger partial charge in [-0.15, -0.1) is 0 Å². The molecular weight excluding hydrogens is 302 g/mol. The molecule has 2 heterocycles. The third kappa shape index (κ3) is 4.24. The molecule has 1 fully saturated rings. The number of methoxy groups -OCH3 is 1. The lowest BCUT2D eigenvalue weighted by Gasteiger charge is -2.24. The van der Waals surface area contributed by atoms with Crippen molar-refractivity contribution in [3.8, 4) is 0 Å². The quantitative estimate of drug-likeness (QED) is 0.884. The van der Waals surface area contributed by atoms with Gasteiger partial charge >= 0.3 is 6.09 Å². The molecular formula is C15H21N3O5. The Morgan fingerprint density at radius 2 is 1.91 bits per heavy atom. The number of nitrogens with one attached hydrogen (secondary N) is 1. The molecule has 0 radical (unpaired) electrons. The standard InChI is InChI=1S/C15H21N3O5/c1-11(16-15(21)22-2)13(19)17-5-3-6-18(8-7-17)14(20)12-4-9-23-10-12/h4,9-11H,3,5-8H2,1-2H3,(H,16,21).